The van der Waals surface area contributed by atoms with Crippen molar-refractivity contribution in [3.63, 3.8) is 0 Å². The van der Waals surface area contributed by atoms with Crippen LogP contribution in [-0.2, 0) is 9.84 Å². The molecule has 7 heteroatoms. The fraction of sp³-hybridized carbons (Fsp3) is 0.250. The Labute approximate surface area is 180 Å². The maximum absolute atomic E-state index is 14.5. The van der Waals surface area contributed by atoms with Crippen LogP contribution in [0.25, 0.3) is 0 Å². The second-order valence-corrected chi connectivity index (χ2v) is 10.2. The first-order chi connectivity index (χ1) is 14.7. The lowest BCUT2D eigenvalue weighted by molar-refractivity contribution is -0.113. The number of rotatable bonds is 6. The number of likely N-dealkylation sites (tertiary alicyclic amines) is 1. The summed E-state index contributed by atoms with van der Waals surface area (Å²) >= 11 is 0. The normalized spacial score (nSPS) is 17.3. The largest absolute Gasteiger partial charge is 0.385 e. The van der Waals surface area contributed by atoms with Crippen molar-refractivity contribution in [2.24, 2.45) is 0 Å². The van der Waals surface area contributed by atoms with E-state index in [1.807, 2.05) is 65.6 Å². The van der Waals surface area contributed by atoms with Crippen molar-refractivity contribution in [1.29, 1.82) is 0 Å². The zero-order chi connectivity index (χ0) is 22.2. The summed E-state index contributed by atoms with van der Waals surface area (Å²) in [5, 5.41) is 9.71. The van der Waals surface area contributed by atoms with Gasteiger partial charge >= 0.3 is 0 Å². The number of nitrogens with zero attached hydrogens (tertiary/aromatic N) is 1. The second kappa shape index (κ2) is 8.15. The molecule has 1 saturated heterocycles. The summed E-state index contributed by atoms with van der Waals surface area (Å²) < 4.78 is 53.5. The van der Waals surface area contributed by atoms with Crippen LogP contribution >= 0.6 is 0 Å². The highest BCUT2D eigenvalue weighted by Gasteiger charge is 2.55. The molecule has 1 atom stereocenters. The van der Waals surface area contributed by atoms with Gasteiger partial charge in [0.15, 0.2) is 21.5 Å². The number of sulfone groups is 1. The van der Waals surface area contributed by atoms with Crippen LogP contribution in [0.4, 0.5) is 8.78 Å². The van der Waals surface area contributed by atoms with E-state index in [0.717, 1.165) is 23.4 Å². The monoisotopic (exact) mass is 443 g/mol. The van der Waals surface area contributed by atoms with E-state index in [1.54, 1.807) is 0 Å². The second-order valence-electron chi connectivity index (χ2n) is 8.09. The number of hydrogen-bond donors (Lipinski definition) is 1. The van der Waals surface area contributed by atoms with Crippen molar-refractivity contribution in [2.75, 3.05) is 19.3 Å². The molecular formula is C24H23F2NO3S. The molecule has 1 aliphatic rings. The third kappa shape index (κ3) is 4.13. The Morgan fingerprint density at radius 2 is 1.39 bits per heavy atom. The molecule has 0 amide bonds. The predicted octanol–water partition coefficient (Wildman–Crippen LogP) is 3.89. The van der Waals surface area contributed by atoms with Gasteiger partial charge in [-0.15, -0.1) is 0 Å². The maximum atomic E-state index is 14.5. The topological polar surface area (TPSA) is 57.6 Å². The lowest BCUT2D eigenvalue weighted by atomic mass is 9.82. The third-order valence-electron chi connectivity index (χ3n) is 5.73. The van der Waals surface area contributed by atoms with Crippen LogP contribution in [-0.4, -0.2) is 43.4 Å². The van der Waals surface area contributed by atoms with Gasteiger partial charge in [0, 0.05) is 24.9 Å². The van der Waals surface area contributed by atoms with Gasteiger partial charge in [0.2, 0.25) is 0 Å². The van der Waals surface area contributed by atoms with Crippen molar-refractivity contribution < 1.29 is 22.3 Å². The van der Waals surface area contributed by atoms with Crippen LogP contribution in [0.1, 0.15) is 28.0 Å². The molecule has 1 N–H and O–H groups in total. The van der Waals surface area contributed by atoms with Crippen LogP contribution in [0.5, 0.6) is 0 Å². The first-order valence-corrected chi connectivity index (χ1v) is 11.9. The van der Waals surface area contributed by atoms with Crippen LogP contribution in [0.2, 0.25) is 0 Å². The zero-order valence-electron chi connectivity index (χ0n) is 16.9. The van der Waals surface area contributed by atoms with Gasteiger partial charge in [0.1, 0.15) is 10.9 Å². The van der Waals surface area contributed by atoms with E-state index in [-0.39, 0.29) is 24.7 Å². The SMILES string of the molecule is CS(=O)(=O)C(c1cccc(F)c1F)C1(O)CN(C(c2ccccc2)c2ccccc2)C1. The Balaban J connectivity index is 1.70. The molecule has 0 bridgehead atoms. The minimum atomic E-state index is -3.94. The molecule has 162 valence electrons. The van der Waals surface area contributed by atoms with E-state index in [0.29, 0.717) is 0 Å². The van der Waals surface area contributed by atoms with Gasteiger partial charge in [0.25, 0.3) is 0 Å². The van der Waals surface area contributed by atoms with Gasteiger partial charge in [0.05, 0.1) is 6.04 Å². The maximum Gasteiger partial charge on any atom is 0.163 e. The van der Waals surface area contributed by atoms with Crippen LogP contribution in [0.15, 0.2) is 78.9 Å². The van der Waals surface area contributed by atoms with Crippen LogP contribution in [0.3, 0.4) is 0 Å². The molecule has 0 aromatic heterocycles. The van der Waals surface area contributed by atoms with E-state index in [4.69, 9.17) is 0 Å². The summed E-state index contributed by atoms with van der Waals surface area (Å²) in [6, 6.07) is 22.5. The highest BCUT2D eigenvalue weighted by molar-refractivity contribution is 7.91. The molecule has 0 saturated carbocycles. The third-order valence-corrected chi connectivity index (χ3v) is 7.28. The van der Waals surface area contributed by atoms with Crippen molar-refractivity contribution in [3.8, 4) is 0 Å². The number of aliphatic hydroxyl groups is 1. The van der Waals surface area contributed by atoms with Gasteiger partial charge in [-0.2, -0.15) is 0 Å². The lowest BCUT2D eigenvalue weighted by Gasteiger charge is -2.53. The van der Waals surface area contributed by atoms with Crippen molar-refractivity contribution in [2.45, 2.75) is 16.9 Å². The molecule has 0 spiro atoms. The number of benzene rings is 3. The summed E-state index contributed by atoms with van der Waals surface area (Å²) in [6.07, 6.45) is 0.939. The minimum absolute atomic E-state index is 0.00482. The number of hydrogen-bond acceptors (Lipinski definition) is 4. The fourth-order valence-electron chi connectivity index (χ4n) is 4.53. The van der Waals surface area contributed by atoms with Gasteiger partial charge in [-0.3, -0.25) is 4.90 Å². The summed E-state index contributed by atoms with van der Waals surface area (Å²) in [6.45, 7) is -0.00963. The van der Waals surface area contributed by atoms with Gasteiger partial charge in [-0.05, 0) is 17.2 Å². The van der Waals surface area contributed by atoms with E-state index in [1.165, 1.54) is 12.1 Å². The molecule has 31 heavy (non-hydrogen) atoms. The molecule has 3 aromatic carbocycles. The van der Waals surface area contributed by atoms with E-state index < -0.39 is 32.3 Å². The number of β-amino-alcohol motifs (C(OH)–C–C–N with tert-alkyl or cyclic N) is 1. The summed E-state index contributed by atoms with van der Waals surface area (Å²) in [4.78, 5) is 1.94. The minimum Gasteiger partial charge on any atom is -0.385 e. The van der Waals surface area contributed by atoms with Crippen molar-refractivity contribution >= 4 is 9.84 Å². The Morgan fingerprint density at radius 1 is 0.871 bits per heavy atom. The molecule has 4 nitrogen and oxygen atoms in total. The summed E-state index contributed by atoms with van der Waals surface area (Å²) in [5.74, 6) is -2.38. The molecule has 4 rings (SSSR count). The van der Waals surface area contributed by atoms with Gasteiger partial charge < -0.3 is 5.11 Å². The smallest absolute Gasteiger partial charge is 0.163 e. The van der Waals surface area contributed by atoms with Crippen molar-refractivity contribution in [1.82, 2.24) is 4.90 Å². The first-order valence-electron chi connectivity index (χ1n) is 9.90. The molecule has 0 aliphatic carbocycles. The number of halogens is 2. The predicted molar refractivity (Wildman–Crippen MR) is 115 cm³/mol. The summed E-state index contributed by atoms with van der Waals surface area (Å²) in [5.41, 5.74) is -0.114. The van der Waals surface area contributed by atoms with Crippen molar-refractivity contribution in [3.05, 3.63) is 107 Å². The molecule has 3 aromatic rings. The molecule has 0 radical (unpaired) electrons. The Bertz CT molecular complexity index is 1120. The standard InChI is InChI=1S/C24H23F2NO3S/c1-31(29,30)23(19-13-8-14-20(25)21(19)26)24(28)15-27(16-24)22(17-9-4-2-5-10-17)18-11-6-3-7-12-18/h2-14,22-23,28H,15-16H2,1H3. The highest BCUT2D eigenvalue weighted by atomic mass is 32.2. The van der Waals surface area contributed by atoms with Crippen LogP contribution < -0.4 is 0 Å². The average molecular weight is 444 g/mol. The molecule has 1 fully saturated rings. The average Bonchev–Trinajstić information content (AvgIpc) is 2.71. The first kappa shape index (κ1) is 21.6. The molecular weight excluding hydrogens is 420 g/mol. The van der Waals surface area contributed by atoms with Gasteiger partial charge in [-0.1, -0.05) is 72.8 Å². The molecule has 1 unspecified atom stereocenters. The Hall–Kier alpha value is -2.61. The summed E-state index contributed by atoms with van der Waals surface area (Å²) in [7, 11) is -3.94. The highest BCUT2D eigenvalue weighted by Crippen LogP contribution is 2.45. The Morgan fingerprint density at radius 3 is 1.87 bits per heavy atom. The van der Waals surface area contributed by atoms with E-state index in [2.05, 4.69) is 0 Å². The fourth-order valence-corrected chi connectivity index (χ4v) is 6.12. The quantitative estimate of drug-likeness (QED) is 0.628. The van der Waals surface area contributed by atoms with E-state index >= 15 is 0 Å². The van der Waals surface area contributed by atoms with Crippen LogP contribution in [0, 0.1) is 11.6 Å². The zero-order valence-corrected chi connectivity index (χ0v) is 17.8. The molecule has 1 aliphatic heterocycles. The van der Waals surface area contributed by atoms with E-state index in [9.17, 15) is 22.3 Å². The lowest BCUT2D eigenvalue weighted by Crippen LogP contribution is -2.66. The molecule has 1 heterocycles. The Kier molecular flexibility index (Phi) is 5.68. The van der Waals surface area contributed by atoms with Gasteiger partial charge in [-0.25, -0.2) is 17.2 Å².